The first-order valence-electron chi connectivity index (χ1n) is 5.73. The van der Waals surface area contributed by atoms with E-state index in [1.165, 1.54) is 17.4 Å². The third-order valence-corrected chi connectivity index (χ3v) is 4.06. The molecule has 1 nitrogen and oxygen atoms in total. The van der Waals surface area contributed by atoms with E-state index in [2.05, 4.69) is 19.2 Å². The molecule has 16 heavy (non-hydrogen) atoms. The fourth-order valence-electron chi connectivity index (χ4n) is 1.37. The van der Waals surface area contributed by atoms with Gasteiger partial charge in [0.1, 0.15) is 5.82 Å². The molecule has 1 rings (SSSR count). The predicted octanol–water partition coefficient (Wildman–Crippen LogP) is 3.68. The van der Waals surface area contributed by atoms with E-state index in [1.807, 2.05) is 24.9 Å². The Morgan fingerprint density at radius 1 is 1.44 bits per heavy atom. The molecule has 1 N–H and O–H groups in total. The molecular weight excluding hydrogens is 221 g/mol. The van der Waals surface area contributed by atoms with Crippen LogP contribution in [0, 0.1) is 11.7 Å². The molecule has 0 aliphatic heterocycles. The van der Waals surface area contributed by atoms with Crippen molar-refractivity contribution in [2.45, 2.75) is 31.7 Å². The van der Waals surface area contributed by atoms with Crippen molar-refractivity contribution in [1.82, 2.24) is 5.32 Å². The van der Waals surface area contributed by atoms with E-state index in [0.717, 1.165) is 17.9 Å². The van der Waals surface area contributed by atoms with E-state index >= 15 is 0 Å². The van der Waals surface area contributed by atoms with Crippen LogP contribution in [0.3, 0.4) is 0 Å². The summed E-state index contributed by atoms with van der Waals surface area (Å²) in [5.41, 5.74) is 1.05. The van der Waals surface area contributed by atoms with Crippen molar-refractivity contribution in [1.29, 1.82) is 0 Å². The third-order valence-electron chi connectivity index (χ3n) is 2.61. The fourth-order valence-corrected chi connectivity index (χ4v) is 2.55. The molecule has 90 valence electrons. The van der Waals surface area contributed by atoms with Crippen LogP contribution in [0.1, 0.15) is 25.8 Å². The molecule has 0 heterocycles. The van der Waals surface area contributed by atoms with Crippen molar-refractivity contribution in [3.05, 3.63) is 29.6 Å². The van der Waals surface area contributed by atoms with Crippen LogP contribution < -0.4 is 5.32 Å². The fraction of sp³-hybridized carbons (Fsp3) is 0.538. The Morgan fingerprint density at radius 2 is 2.19 bits per heavy atom. The SMILES string of the molecule is CCC(C)CSc1ccc(F)cc1CNC. The van der Waals surface area contributed by atoms with Crippen molar-refractivity contribution in [3.63, 3.8) is 0 Å². The van der Waals surface area contributed by atoms with Crippen LogP contribution in [-0.2, 0) is 6.54 Å². The van der Waals surface area contributed by atoms with E-state index in [4.69, 9.17) is 0 Å². The van der Waals surface area contributed by atoms with Gasteiger partial charge in [-0.1, -0.05) is 20.3 Å². The highest BCUT2D eigenvalue weighted by atomic mass is 32.2. The van der Waals surface area contributed by atoms with Gasteiger partial charge in [-0.3, -0.25) is 0 Å². The van der Waals surface area contributed by atoms with Crippen molar-refractivity contribution in [3.8, 4) is 0 Å². The molecule has 0 aliphatic rings. The van der Waals surface area contributed by atoms with Gasteiger partial charge in [-0.2, -0.15) is 0 Å². The van der Waals surface area contributed by atoms with E-state index in [1.54, 1.807) is 6.07 Å². The zero-order valence-electron chi connectivity index (χ0n) is 10.2. The molecule has 0 bridgehead atoms. The third kappa shape index (κ3) is 4.14. The van der Waals surface area contributed by atoms with Crippen LogP contribution in [0.4, 0.5) is 4.39 Å². The van der Waals surface area contributed by atoms with Crippen LogP contribution in [0.15, 0.2) is 23.1 Å². The van der Waals surface area contributed by atoms with E-state index in [9.17, 15) is 4.39 Å². The minimum absolute atomic E-state index is 0.155. The Balaban J connectivity index is 2.70. The average molecular weight is 241 g/mol. The summed E-state index contributed by atoms with van der Waals surface area (Å²) in [5.74, 6) is 1.65. The van der Waals surface area contributed by atoms with Crippen molar-refractivity contribution < 1.29 is 4.39 Å². The van der Waals surface area contributed by atoms with Crippen molar-refractivity contribution in [2.24, 2.45) is 5.92 Å². The number of halogens is 1. The first-order chi connectivity index (χ1) is 7.67. The van der Waals surface area contributed by atoms with Crippen LogP contribution in [0.5, 0.6) is 0 Å². The largest absolute Gasteiger partial charge is 0.316 e. The maximum atomic E-state index is 13.1. The van der Waals surface area contributed by atoms with Gasteiger partial charge in [-0.25, -0.2) is 4.39 Å². The van der Waals surface area contributed by atoms with Gasteiger partial charge < -0.3 is 5.32 Å². The summed E-state index contributed by atoms with van der Waals surface area (Å²) in [7, 11) is 1.88. The highest BCUT2D eigenvalue weighted by Crippen LogP contribution is 2.26. The lowest BCUT2D eigenvalue weighted by Crippen LogP contribution is -2.07. The van der Waals surface area contributed by atoms with Crippen LogP contribution in [-0.4, -0.2) is 12.8 Å². The molecule has 0 radical (unpaired) electrons. The Labute approximate surface area is 102 Å². The van der Waals surface area contributed by atoms with E-state index in [-0.39, 0.29) is 5.82 Å². The number of rotatable bonds is 6. The minimum atomic E-state index is -0.155. The normalized spacial score (nSPS) is 12.8. The monoisotopic (exact) mass is 241 g/mol. The molecular formula is C13H20FNS. The van der Waals surface area contributed by atoms with Gasteiger partial charge in [0, 0.05) is 17.2 Å². The molecule has 1 aromatic rings. The molecule has 0 fully saturated rings. The minimum Gasteiger partial charge on any atom is -0.316 e. The number of nitrogens with one attached hydrogen (secondary N) is 1. The summed E-state index contributed by atoms with van der Waals surface area (Å²) >= 11 is 1.82. The second kappa shape index (κ2) is 6.92. The van der Waals surface area contributed by atoms with Gasteiger partial charge in [-0.05, 0) is 36.7 Å². The van der Waals surface area contributed by atoms with Crippen LogP contribution in [0.2, 0.25) is 0 Å². The molecule has 3 heteroatoms. The highest BCUT2D eigenvalue weighted by molar-refractivity contribution is 7.99. The number of benzene rings is 1. The summed E-state index contributed by atoms with van der Waals surface area (Å²) < 4.78 is 13.1. The summed E-state index contributed by atoms with van der Waals surface area (Å²) in [5, 5.41) is 3.07. The molecule has 0 amide bonds. The maximum Gasteiger partial charge on any atom is 0.123 e. The Morgan fingerprint density at radius 3 is 2.81 bits per heavy atom. The Kier molecular flexibility index (Phi) is 5.85. The predicted molar refractivity (Wildman–Crippen MR) is 69.3 cm³/mol. The summed E-state index contributed by atoms with van der Waals surface area (Å²) in [6, 6.07) is 5.04. The summed E-state index contributed by atoms with van der Waals surface area (Å²) in [4.78, 5) is 1.19. The second-order valence-corrected chi connectivity index (χ2v) is 5.17. The number of thioether (sulfide) groups is 1. The zero-order chi connectivity index (χ0) is 12.0. The molecule has 0 saturated carbocycles. The highest BCUT2D eigenvalue weighted by Gasteiger charge is 2.06. The molecule has 1 aromatic carbocycles. The van der Waals surface area contributed by atoms with E-state index < -0.39 is 0 Å². The van der Waals surface area contributed by atoms with Gasteiger partial charge >= 0.3 is 0 Å². The standard InChI is InChI=1S/C13H20FNS/c1-4-10(2)9-16-13-6-5-12(14)7-11(13)8-15-3/h5-7,10,15H,4,8-9H2,1-3H3. The lowest BCUT2D eigenvalue weighted by atomic mass is 10.2. The number of hydrogen-bond donors (Lipinski definition) is 1. The summed E-state index contributed by atoms with van der Waals surface area (Å²) in [6.07, 6.45) is 1.19. The smallest absolute Gasteiger partial charge is 0.123 e. The topological polar surface area (TPSA) is 12.0 Å². The first kappa shape index (κ1) is 13.5. The number of hydrogen-bond acceptors (Lipinski definition) is 2. The summed E-state index contributed by atoms with van der Waals surface area (Å²) in [6.45, 7) is 5.17. The van der Waals surface area contributed by atoms with Crippen molar-refractivity contribution in [2.75, 3.05) is 12.8 Å². The molecule has 0 saturated heterocycles. The maximum absolute atomic E-state index is 13.1. The van der Waals surface area contributed by atoms with Gasteiger partial charge in [-0.15, -0.1) is 11.8 Å². The quantitative estimate of drug-likeness (QED) is 0.762. The van der Waals surface area contributed by atoms with Crippen LogP contribution in [0.25, 0.3) is 0 Å². The molecule has 1 atom stereocenters. The lowest BCUT2D eigenvalue weighted by Gasteiger charge is -2.11. The average Bonchev–Trinajstić information content (AvgIpc) is 2.28. The molecule has 0 spiro atoms. The molecule has 0 aromatic heterocycles. The first-order valence-corrected chi connectivity index (χ1v) is 6.71. The van der Waals surface area contributed by atoms with Crippen molar-refractivity contribution >= 4 is 11.8 Å². The zero-order valence-corrected chi connectivity index (χ0v) is 11.0. The lowest BCUT2D eigenvalue weighted by molar-refractivity contribution is 0.620. The molecule has 1 unspecified atom stereocenters. The van der Waals surface area contributed by atoms with Crippen LogP contribution >= 0.6 is 11.8 Å². The van der Waals surface area contributed by atoms with Gasteiger partial charge in [0.15, 0.2) is 0 Å². The Hall–Kier alpha value is -0.540. The molecule has 0 aliphatic carbocycles. The second-order valence-electron chi connectivity index (χ2n) is 4.11. The van der Waals surface area contributed by atoms with E-state index in [0.29, 0.717) is 5.92 Å². The van der Waals surface area contributed by atoms with Gasteiger partial charge in [0.25, 0.3) is 0 Å². The van der Waals surface area contributed by atoms with Gasteiger partial charge in [0.2, 0.25) is 0 Å². The Bertz CT molecular complexity index is 328. The van der Waals surface area contributed by atoms with Gasteiger partial charge in [0.05, 0.1) is 0 Å².